The Morgan fingerprint density at radius 3 is 2.63 bits per heavy atom. The van der Waals surface area contributed by atoms with Crippen LogP contribution in [0.25, 0.3) is 11.4 Å². The number of aromatic nitrogens is 4. The Balaban J connectivity index is 1.51. The highest BCUT2D eigenvalue weighted by atomic mass is 32.2. The second-order valence-electron chi connectivity index (χ2n) is 6.71. The van der Waals surface area contributed by atoms with Crippen molar-refractivity contribution in [3.63, 3.8) is 0 Å². The first kappa shape index (κ1) is 19.9. The highest BCUT2D eigenvalue weighted by Crippen LogP contribution is 2.25. The van der Waals surface area contributed by atoms with Crippen molar-refractivity contribution in [2.45, 2.75) is 24.7 Å². The first-order chi connectivity index (χ1) is 14.7. The first-order valence-electron chi connectivity index (χ1n) is 9.54. The largest absolute Gasteiger partial charge is 0.467 e. The molecule has 0 fully saturated rings. The zero-order valence-corrected chi connectivity index (χ0v) is 17.2. The Morgan fingerprint density at radius 2 is 1.90 bits per heavy atom. The summed E-state index contributed by atoms with van der Waals surface area (Å²) in [4.78, 5) is 16.5. The van der Waals surface area contributed by atoms with Gasteiger partial charge in [0.1, 0.15) is 5.76 Å². The van der Waals surface area contributed by atoms with E-state index in [1.165, 1.54) is 11.8 Å². The van der Waals surface area contributed by atoms with Crippen LogP contribution in [-0.4, -0.2) is 31.4 Å². The smallest absolute Gasteiger partial charge is 0.231 e. The van der Waals surface area contributed by atoms with E-state index in [1.807, 2.05) is 47.9 Å². The van der Waals surface area contributed by atoms with Crippen LogP contribution in [0, 0.1) is 0 Å². The molecule has 30 heavy (non-hydrogen) atoms. The molecule has 1 aromatic carbocycles. The minimum atomic E-state index is -0.192. The van der Waals surface area contributed by atoms with Gasteiger partial charge in [-0.05, 0) is 36.8 Å². The van der Waals surface area contributed by atoms with Gasteiger partial charge in [-0.25, -0.2) is 0 Å². The van der Waals surface area contributed by atoms with Gasteiger partial charge < -0.3 is 9.73 Å². The van der Waals surface area contributed by atoms with E-state index in [1.54, 1.807) is 24.7 Å². The van der Waals surface area contributed by atoms with Gasteiger partial charge in [-0.15, -0.1) is 10.2 Å². The fourth-order valence-electron chi connectivity index (χ4n) is 3.04. The van der Waals surface area contributed by atoms with Crippen molar-refractivity contribution in [2.24, 2.45) is 0 Å². The molecule has 0 saturated carbocycles. The van der Waals surface area contributed by atoms with E-state index in [2.05, 4.69) is 32.6 Å². The van der Waals surface area contributed by atoms with Gasteiger partial charge in [-0.3, -0.25) is 14.3 Å². The number of nitrogens with one attached hydrogen (secondary N) is 1. The lowest BCUT2D eigenvalue weighted by Crippen LogP contribution is -2.28. The van der Waals surface area contributed by atoms with E-state index >= 15 is 0 Å². The number of carbonyl (C=O) groups is 1. The Hall–Kier alpha value is -3.39. The summed E-state index contributed by atoms with van der Waals surface area (Å²) in [7, 11) is 0. The number of carbonyl (C=O) groups excluding carboxylic acids is 1. The number of hydrogen-bond acceptors (Lipinski definition) is 6. The molecule has 4 rings (SSSR count). The maximum atomic E-state index is 12.4. The number of rotatable bonds is 8. The minimum Gasteiger partial charge on any atom is -0.467 e. The molecule has 3 aromatic heterocycles. The molecule has 7 nitrogen and oxygen atoms in total. The maximum absolute atomic E-state index is 12.4. The number of benzene rings is 1. The molecule has 8 heteroatoms. The quantitative estimate of drug-likeness (QED) is 0.435. The lowest BCUT2D eigenvalue weighted by atomic mass is 10.2. The number of furan rings is 1. The molecule has 0 saturated heterocycles. The van der Waals surface area contributed by atoms with Crippen molar-refractivity contribution in [3.05, 3.63) is 84.6 Å². The number of pyridine rings is 1. The van der Waals surface area contributed by atoms with Gasteiger partial charge >= 0.3 is 0 Å². The Kier molecular flexibility index (Phi) is 6.24. The summed E-state index contributed by atoms with van der Waals surface area (Å²) < 4.78 is 7.37. The summed E-state index contributed by atoms with van der Waals surface area (Å²) in [6, 6.07) is 17.4. The summed E-state index contributed by atoms with van der Waals surface area (Å²) in [5, 5.41) is 12.4. The van der Waals surface area contributed by atoms with E-state index in [9.17, 15) is 4.79 Å². The van der Waals surface area contributed by atoms with Gasteiger partial charge in [0.2, 0.25) is 5.91 Å². The highest BCUT2D eigenvalue weighted by Gasteiger charge is 2.17. The summed E-state index contributed by atoms with van der Waals surface area (Å²) in [5.74, 6) is 1.60. The summed E-state index contributed by atoms with van der Waals surface area (Å²) in [6.45, 7) is 2.50. The Bertz CT molecular complexity index is 1080. The van der Waals surface area contributed by atoms with Crippen LogP contribution >= 0.6 is 11.8 Å². The molecule has 3 heterocycles. The van der Waals surface area contributed by atoms with Crippen LogP contribution in [0.2, 0.25) is 0 Å². The molecule has 152 valence electrons. The molecule has 1 amide bonds. The molecule has 4 aromatic rings. The van der Waals surface area contributed by atoms with Crippen molar-refractivity contribution in [3.8, 4) is 11.4 Å². The fourth-order valence-corrected chi connectivity index (χ4v) is 3.79. The average molecular weight is 420 g/mol. The topological polar surface area (TPSA) is 85.8 Å². The summed E-state index contributed by atoms with van der Waals surface area (Å²) >= 11 is 1.36. The fraction of sp³-hybridized carbons (Fsp3) is 0.182. The van der Waals surface area contributed by atoms with Crippen LogP contribution in [0.5, 0.6) is 0 Å². The molecule has 0 radical (unpaired) electrons. The van der Waals surface area contributed by atoms with Crippen molar-refractivity contribution in [1.29, 1.82) is 0 Å². The van der Waals surface area contributed by atoms with Gasteiger partial charge in [0.15, 0.2) is 11.0 Å². The van der Waals surface area contributed by atoms with Crippen LogP contribution in [0.15, 0.2) is 82.8 Å². The molecular formula is C22H21N5O2S. The first-order valence-corrected chi connectivity index (χ1v) is 10.5. The summed E-state index contributed by atoms with van der Waals surface area (Å²) in [6.07, 6.45) is 5.06. The normalized spacial score (nSPS) is 11.9. The van der Waals surface area contributed by atoms with Crippen molar-refractivity contribution >= 4 is 17.7 Å². The monoisotopic (exact) mass is 419 g/mol. The third-order valence-corrected chi connectivity index (χ3v) is 5.49. The van der Waals surface area contributed by atoms with E-state index in [4.69, 9.17) is 4.42 Å². The second kappa shape index (κ2) is 9.41. The van der Waals surface area contributed by atoms with E-state index in [-0.39, 0.29) is 17.7 Å². The minimum absolute atomic E-state index is 0.0939. The molecular weight excluding hydrogens is 398 g/mol. The van der Waals surface area contributed by atoms with Gasteiger partial charge in [0, 0.05) is 18.0 Å². The predicted octanol–water partition coefficient (Wildman–Crippen LogP) is 3.95. The number of hydrogen-bond donors (Lipinski definition) is 1. The van der Waals surface area contributed by atoms with Gasteiger partial charge in [0.25, 0.3) is 0 Å². The van der Waals surface area contributed by atoms with Crippen LogP contribution in [0.4, 0.5) is 0 Å². The van der Waals surface area contributed by atoms with Crippen molar-refractivity contribution in [2.75, 3.05) is 5.75 Å². The van der Waals surface area contributed by atoms with Gasteiger partial charge in [-0.1, -0.05) is 42.1 Å². The number of thioether (sulfide) groups is 1. The maximum Gasteiger partial charge on any atom is 0.231 e. The standard InChI is InChI=1S/C22H21N5O2S/c1-16(19-8-5-13-29-19)24-20(28)15-30-22-26-25-21(18-9-11-23-12-10-18)27(22)14-17-6-3-2-4-7-17/h2-13,16H,14-15H2,1H3,(H,24,28). The highest BCUT2D eigenvalue weighted by molar-refractivity contribution is 7.99. The third kappa shape index (κ3) is 4.77. The van der Waals surface area contributed by atoms with Gasteiger partial charge in [0.05, 0.1) is 24.6 Å². The van der Waals surface area contributed by atoms with Crippen LogP contribution in [-0.2, 0) is 11.3 Å². The summed E-state index contributed by atoms with van der Waals surface area (Å²) in [5.41, 5.74) is 2.06. The zero-order chi connectivity index (χ0) is 20.8. The molecule has 0 aliphatic heterocycles. The van der Waals surface area contributed by atoms with E-state index < -0.39 is 0 Å². The SMILES string of the molecule is CC(NC(=O)CSc1nnc(-c2ccncc2)n1Cc1ccccc1)c1ccco1. The molecule has 0 aliphatic carbocycles. The molecule has 0 spiro atoms. The average Bonchev–Trinajstić information content (AvgIpc) is 3.44. The molecule has 0 bridgehead atoms. The van der Waals surface area contributed by atoms with Crippen molar-refractivity contribution < 1.29 is 9.21 Å². The Labute approximate surface area is 178 Å². The molecule has 1 atom stereocenters. The second-order valence-corrected chi connectivity index (χ2v) is 7.65. The van der Waals surface area contributed by atoms with Crippen LogP contribution < -0.4 is 5.32 Å². The van der Waals surface area contributed by atoms with Gasteiger partial charge in [-0.2, -0.15) is 0 Å². The zero-order valence-electron chi connectivity index (χ0n) is 16.4. The molecule has 0 aliphatic rings. The molecule has 1 unspecified atom stereocenters. The van der Waals surface area contributed by atoms with Crippen molar-refractivity contribution in [1.82, 2.24) is 25.1 Å². The number of nitrogens with zero attached hydrogens (tertiary/aromatic N) is 4. The van der Waals surface area contributed by atoms with Crippen LogP contribution in [0.1, 0.15) is 24.3 Å². The van der Waals surface area contributed by atoms with E-state index in [0.717, 1.165) is 22.7 Å². The predicted molar refractivity (Wildman–Crippen MR) is 115 cm³/mol. The van der Waals surface area contributed by atoms with Crippen LogP contribution in [0.3, 0.4) is 0 Å². The lowest BCUT2D eigenvalue weighted by Gasteiger charge is -2.12. The lowest BCUT2D eigenvalue weighted by molar-refractivity contribution is -0.119. The Morgan fingerprint density at radius 1 is 1.10 bits per heavy atom. The molecule has 1 N–H and O–H groups in total. The number of amides is 1. The van der Waals surface area contributed by atoms with E-state index in [0.29, 0.717) is 11.7 Å². The third-order valence-electron chi connectivity index (χ3n) is 4.52.